The summed E-state index contributed by atoms with van der Waals surface area (Å²) in [5.74, 6) is 0.312. The van der Waals surface area contributed by atoms with Gasteiger partial charge in [-0.05, 0) is 36.8 Å². The van der Waals surface area contributed by atoms with Crippen molar-refractivity contribution in [1.29, 1.82) is 0 Å². The molecule has 78 valence electrons. The van der Waals surface area contributed by atoms with Crippen LogP contribution in [0.5, 0.6) is 0 Å². The van der Waals surface area contributed by atoms with Gasteiger partial charge < -0.3 is 0 Å². The van der Waals surface area contributed by atoms with E-state index in [9.17, 15) is 4.79 Å². The standard InChI is InChI=1S/C11H15BrOS/c1-9-6-8-14-11(9)10(13)5-3-2-4-7-12/h6,8H,2-5,7H2,1H3. The number of halogens is 1. The van der Waals surface area contributed by atoms with Crippen LogP contribution < -0.4 is 0 Å². The average molecular weight is 275 g/mol. The summed E-state index contributed by atoms with van der Waals surface area (Å²) in [7, 11) is 0. The van der Waals surface area contributed by atoms with Gasteiger partial charge in [0.15, 0.2) is 5.78 Å². The van der Waals surface area contributed by atoms with Gasteiger partial charge in [0.05, 0.1) is 4.88 Å². The zero-order valence-corrected chi connectivity index (χ0v) is 10.8. The van der Waals surface area contributed by atoms with Crippen LogP contribution in [0.4, 0.5) is 0 Å². The first kappa shape index (κ1) is 11.9. The van der Waals surface area contributed by atoms with Gasteiger partial charge in [0.1, 0.15) is 0 Å². The van der Waals surface area contributed by atoms with Crippen molar-refractivity contribution < 1.29 is 4.79 Å². The summed E-state index contributed by atoms with van der Waals surface area (Å²) in [6.45, 7) is 2.00. The van der Waals surface area contributed by atoms with Crippen LogP contribution in [-0.4, -0.2) is 11.1 Å². The molecule has 0 aliphatic rings. The number of hydrogen-bond acceptors (Lipinski definition) is 2. The average Bonchev–Trinajstić information content (AvgIpc) is 2.59. The van der Waals surface area contributed by atoms with Crippen LogP contribution in [0.25, 0.3) is 0 Å². The van der Waals surface area contributed by atoms with Gasteiger partial charge in [-0.2, -0.15) is 0 Å². The molecule has 0 aromatic carbocycles. The summed E-state index contributed by atoms with van der Waals surface area (Å²) >= 11 is 4.95. The van der Waals surface area contributed by atoms with Crippen molar-refractivity contribution in [2.75, 3.05) is 5.33 Å². The Morgan fingerprint density at radius 2 is 2.21 bits per heavy atom. The first-order valence-corrected chi connectivity index (χ1v) is 6.89. The van der Waals surface area contributed by atoms with Crippen molar-refractivity contribution in [3.63, 3.8) is 0 Å². The number of thiophene rings is 1. The molecular weight excluding hydrogens is 260 g/mol. The SMILES string of the molecule is Cc1ccsc1C(=O)CCCCCBr. The lowest BCUT2D eigenvalue weighted by Gasteiger charge is -1.99. The van der Waals surface area contributed by atoms with Gasteiger partial charge >= 0.3 is 0 Å². The molecule has 1 rings (SSSR count). The van der Waals surface area contributed by atoms with E-state index in [4.69, 9.17) is 0 Å². The second kappa shape index (κ2) is 6.36. The zero-order chi connectivity index (χ0) is 10.4. The molecule has 0 atom stereocenters. The summed E-state index contributed by atoms with van der Waals surface area (Å²) < 4.78 is 0. The highest BCUT2D eigenvalue weighted by Crippen LogP contribution is 2.18. The monoisotopic (exact) mass is 274 g/mol. The number of carbonyl (C=O) groups excluding carboxylic acids is 1. The lowest BCUT2D eigenvalue weighted by atomic mass is 10.1. The van der Waals surface area contributed by atoms with E-state index in [1.807, 2.05) is 18.4 Å². The fourth-order valence-electron chi connectivity index (χ4n) is 1.33. The quantitative estimate of drug-likeness (QED) is 0.432. The second-order valence-corrected chi connectivity index (χ2v) is 5.06. The third-order valence-corrected chi connectivity index (χ3v) is 3.77. The maximum atomic E-state index is 11.7. The molecule has 0 spiro atoms. The highest BCUT2D eigenvalue weighted by atomic mass is 79.9. The number of ketones is 1. The van der Waals surface area contributed by atoms with Crippen molar-refractivity contribution >= 4 is 33.0 Å². The molecule has 0 unspecified atom stereocenters. The Morgan fingerprint density at radius 1 is 1.43 bits per heavy atom. The maximum Gasteiger partial charge on any atom is 0.173 e. The van der Waals surface area contributed by atoms with Gasteiger partial charge in [-0.25, -0.2) is 0 Å². The summed E-state index contributed by atoms with van der Waals surface area (Å²) in [5, 5.41) is 3.03. The molecule has 0 saturated carbocycles. The molecule has 0 bridgehead atoms. The van der Waals surface area contributed by atoms with E-state index < -0.39 is 0 Å². The lowest BCUT2D eigenvalue weighted by molar-refractivity contribution is 0.0983. The minimum absolute atomic E-state index is 0.312. The van der Waals surface area contributed by atoms with Crippen molar-refractivity contribution in [3.8, 4) is 0 Å². The molecule has 0 aliphatic heterocycles. The van der Waals surface area contributed by atoms with Gasteiger partial charge in [-0.3, -0.25) is 4.79 Å². The molecule has 0 fully saturated rings. The highest BCUT2D eigenvalue weighted by Gasteiger charge is 2.09. The minimum Gasteiger partial charge on any atom is -0.293 e. The molecule has 1 aromatic heterocycles. The van der Waals surface area contributed by atoms with E-state index in [-0.39, 0.29) is 0 Å². The fourth-order valence-corrected chi connectivity index (χ4v) is 2.62. The third kappa shape index (κ3) is 3.54. The molecule has 3 heteroatoms. The summed E-state index contributed by atoms with van der Waals surface area (Å²) in [6, 6.07) is 2.01. The van der Waals surface area contributed by atoms with Crippen LogP contribution in [0.3, 0.4) is 0 Å². The Bertz CT molecular complexity index is 293. The van der Waals surface area contributed by atoms with Gasteiger partial charge in [0.25, 0.3) is 0 Å². The van der Waals surface area contributed by atoms with Crippen LogP contribution in [0.15, 0.2) is 11.4 Å². The number of Topliss-reactive ketones (excluding diaryl/α,β-unsaturated/α-hetero) is 1. The van der Waals surface area contributed by atoms with Gasteiger partial charge in [0, 0.05) is 11.8 Å². The second-order valence-electron chi connectivity index (χ2n) is 3.36. The Kier molecular flexibility index (Phi) is 5.41. The van der Waals surface area contributed by atoms with Crippen LogP contribution in [-0.2, 0) is 0 Å². The topological polar surface area (TPSA) is 17.1 Å². The summed E-state index contributed by atoms with van der Waals surface area (Å²) in [4.78, 5) is 12.6. The molecule has 0 amide bonds. The Morgan fingerprint density at radius 3 is 2.79 bits per heavy atom. The van der Waals surface area contributed by atoms with E-state index in [0.29, 0.717) is 12.2 Å². The van der Waals surface area contributed by atoms with Crippen LogP contribution in [0, 0.1) is 6.92 Å². The molecule has 0 radical (unpaired) electrons. The molecule has 0 saturated heterocycles. The van der Waals surface area contributed by atoms with E-state index in [1.165, 1.54) is 0 Å². The Labute approximate surface area is 97.7 Å². The maximum absolute atomic E-state index is 11.7. The molecule has 1 aromatic rings. The molecule has 14 heavy (non-hydrogen) atoms. The van der Waals surface area contributed by atoms with Crippen LogP contribution >= 0.6 is 27.3 Å². The number of rotatable bonds is 6. The fraction of sp³-hybridized carbons (Fsp3) is 0.545. The first-order valence-electron chi connectivity index (χ1n) is 4.89. The summed E-state index contributed by atoms with van der Waals surface area (Å²) in [5.41, 5.74) is 1.13. The highest BCUT2D eigenvalue weighted by molar-refractivity contribution is 9.09. The predicted octanol–water partition coefficient (Wildman–Crippen LogP) is 4.19. The number of aryl methyl sites for hydroxylation is 1. The van der Waals surface area contributed by atoms with E-state index in [1.54, 1.807) is 11.3 Å². The number of carbonyl (C=O) groups is 1. The minimum atomic E-state index is 0.312. The zero-order valence-electron chi connectivity index (χ0n) is 8.38. The van der Waals surface area contributed by atoms with E-state index >= 15 is 0 Å². The number of alkyl halides is 1. The molecule has 0 N–H and O–H groups in total. The normalized spacial score (nSPS) is 10.4. The molecule has 1 nitrogen and oxygen atoms in total. The molecular formula is C11H15BrOS. The number of unbranched alkanes of at least 4 members (excludes halogenated alkanes) is 2. The molecule has 1 heterocycles. The van der Waals surface area contributed by atoms with Crippen LogP contribution in [0.2, 0.25) is 0 Å². The van der Waals surface area contributed by atoms with Gasteiger partial charge in [-0.15, -0.1) is 11.3 Å². The summed E-state index contributed by atoms with van der Waals surface area (Å²) in [6.07, 6.45) is 4.02. The molecule has 0 aliphatic carbocycles. The first-order chi connectivity index (χ1) is 6.75. The van der Waals surface area contributed by atoms with E-state index in [0.717, 1.165) is 35.0 Å². The third-order valence-electron chi connectivity index (χ3n) is 2.15. The van der Waals surface area contributed by atoms with E-state index in [2.05, 4.69) is 15.9 Å². The largest absolute Gasteiger partial charge is 0.293 e. The number of hydrogen-bond donors (Lipinski definition) is 0. The van der Waals surface area contributed by atoms with Crippen molar-refractivity contribution in [3.05, 3.63) is 21.9 Å². The Balaban J connectivity index is 2.32. The van der Waals surface area contributed by atoms with Gasteiger partial charge in [-0.1, -0.05) is 22.4 Å². The van der Waals surface area contributed by atoms with Gasteiger partial charge in [0.2, 0.25) is 0 Å². The smallest absolute Gasteiger partial charge is 0.173 e. The Hall–Kier alpha value is -0.150. The van der Waals surface area contributed by atoms with Crippen molar-refractivity contribution in [2.24, 2.45) is 0 Å². The lowest BCUT2D eigenvalue weighted by Crippen LogP contribution is -1.97. The van der Waals surface area contributed by atoms with Crippen molar-refractivity contribution in [2.45, 2.75) is 32.6 Å². The van der Waals surface area contributed by atoms with Crippen molar-refractivity contribution in [1.82, 2.24) is 0 Å². The van der Waals surface area contributed by atoms with Crippen LogP contribution in [0.1, 0.15) is 40.9 Å². The predicted molar refractivity (Wildman–Crippen MR) is 65.6 cm³/mol.